The molecule has 0 aliphatic carbocycles. The first-order valence-corrected chi connectivity index (χ1v) is 8.74. The average Bonchev–Trinajstić information content (AvgIpc) is 2.63. The van der Waals surface area contributed by atoms with E-state index in [2.05, 4.69) is 22.8 Å². The number of rotatable bonds is 8. The van der Waals surface area contributed by atoms with Crippen molar-refractivity contribution in [3.8, 4) is 5.75 Å². The molecule has 1 heterocycles. The number of hydrogen-bond donors (Lipinski definition) is 2. The zero-order valence-electron chi connectivity index (χ0n) is 15.1. The van der Waals surface area contributed by atoms with E-state index >= 15 is 0 Å². The zero-order chi connectivity index (χ0) is 16.8. The van der Waals surface area contributed by atoms with Crippen LogP contribution < -0.4 is 15.4 Å². The maximum absolute atomic E-state index is 5.67. The highest BCUT2D eigenvalue weighted by atomic mass is 35.5. The number of nitrogens with one attached hydrogen (secondary N) is 2. The Morgan fingerprint density at radius 2 is 1.70 bits per heavy atom. The molecule has 0 amide bonds. The van der Waals surface area contributed by atoms with Crippen LogP contribution in [0, 0.1) is 0 Å². The Bertz CT molecular complexity index is 834. The third kappa shape index (κ3) is 5.99. The molecule has 5 nitrogen and oxygen atoms in total. The lowest BCUT2D eigenvalue weighted by Crippen LogP contribution is -2.20. The number of hydrogen-bond acceptors (Lipinski definition) is 4. The molecular weight excluding hydrogens is 409 g/mol. The van der Waals surface area contributed by atoms with E-state index in [-0.39, 0.29) is 30.3 Å². The van der Waals surface area contributed by atoms with Crippen LogP contribution in [0.4, 0.5) is 5.69 Å². The Morgan fingerprint density at radius 1 is 0.963 bits per heavy atom. The molecule has 0 spiro atoms. The van der Waals surface area contributed by atoms with Crippen molar-refractivity contribution in [1.29, 1.82) is 0 Å². The SMILES string of the molecule is COc1cccc2c(NCCCNCCCl)c3ccccc3nc12.Cl.Cl.O. The standard InChI is InChI=1S/C19H22ClN3O.2ClH.H2O/c1-24-17-9-4-7-15-18(22-12-5-11-21-13-10-20)14-6-2-3-8-16(14)23-19(15)17;;;/h2-4,6-9,21H,5,10-13H2,1H3,(H,22,23);2*1H;1H2. The lowest BCUT2D eigenvalue weighted by molar-refractivity contribution is 0.419. The largest absolute Gasteiger partial charge is 0.494 e. The smallest absolute Gasteiger partial charge is 0.145 e. The van der Waals surface area contributed by atoms with Crippen LogP contribution in [0.25, 0.3) is 21.8 Å². The van der Waals surface area contributed by atoms with Crippen LogP contribution in [-0.2, 0) is 0 Å². The van der Waals surface area contributed by atoms with Gasteiger partial charge in [-0.2, -0.15) is 0 Å². The molecule has 0 saturated carbocycles. The maximum atomic E-state index is 5.67. The summed E-state index contributed by atoms with van der Waals surface area (Å²) >= 11 is 5.67. The van der Waals surface area contributed by atoms with Gasteiger partial charge in [0.15, 0.2) is 0 Å². The molecule has 3 rings (SSSR count). The molecule has 27 heavy (non-hydrogen) atoms. The van der Waals surface area contributed by atoms with Crippen LogP contribution in [0.1, 0.15) is 6.42 Å². The van der Waals surface area contributed by atoms with E-state index in [4.69, 9.17) is 21.3 Å². The summed E-state index contributed by atoms with van der Waals surface area (Å²) in [7, 11) is 1.68. The summed E-state index contributed by atoms with van der Waals surface area (Å²) in [6, 6.07) is 14.2. The number of aromatic nitrogens is 1. The van der Waals surface area contributed by atoms with Gasteiger partial charge < -0.3 is 20.8 Å². The number of nitrogens with zero attached hydrogens (tertiary/aromatic N) is 1. The molecule has 0 fully saturated rings. The normalized spacial score (nSPS) is 9.85. The van der Waals surface area contributed by atoms with Crippen molar-refractivity contribution in [3.63, 3.8) is 0 Å². The molecule has 8 heteroatoms. The summed E-state index contributed by atoms with van der Waals surface area (Å²) < 4.78 is 5.49. The van der Waals surface area contributed by atoms with Crippen LogP contribution in [0.3, 0.4) is 0 Å². The summed E-state index contributed by atoms with van der Waals surface area (Å²) in [5.41, 5.74) is 2.98. The van der Waals surface area contributed by atoms with Gasteiger partial charge in [0.05, 0.1) is 18.3 Å². The highest BCUT2D eigenvalue weighted by molar-refractivity contribution is 6.18. The molecular formula is C19H26Cl3N3O2. The number of anilines is 1. The van der Waals surface area contributed by atoms with Gasteiger partial charge >= 0.3 is 0 Å². The van der Waals surface area contributed by atoms with Gasteiger partial charge in [0.1, 0.15) is 11.3 Å². The van der Waals surface area contributed by atoms with Gasteiger partial charge in [0, 0.05) is 29.7 Å². The molecule has 0 aliphatic rings. The predicted octanol–water partition coefficient (Wildman–Crippen LogP) is 4.05. The van der Waals surface area contributed by atoms with Crippen molar-refractivity contribution >= 4 is 63.9 Å². The summed E-state index contributed by atoms with van der Waals surface area (Å²) in [6.07, 6.45) is 1.03. The van der Waals surface area contributed by atoms with Gasteiger partial charge in [-0.05, 0) is 25.1 Å². The fourth-order valence-corrected chi connectivity index (χ4v) is 2.99. The molecule has 4 N–H and O–H groups in total. The number of methoxy groups -OCH3 is 1. The highest BCUT2D eigenvalue weighted by Crippen LogP contribution is 2.34. The van der Waals surface area contributed by atoms with Gasteiger partial charge in [-0.15, -0.1) is 36.4 Å². The van der Waals surface area contributed by atoms with E-state index in [0.29, 0.717) is 5.88 Å². The van der Waals surface area contributed by atoms with Crippen molar-refractivity contribution in [2.45, 2.75) is 6.42 Å². The molecule has 0 radical (unpaired) electrons. The number of ether oxygens (including phenoxy) is 1. The molecule has 0 saturated heterocycles. The molecule has 150 valence electrons. The average molecular weight is 435 g/mol. The minimum atomic E-state index is 0. The lowest BCUT2D eigenvalue weighted by atomic mass is 10.1. The van der Waals surface area contributed by atoms with Crippen molar-refractivity contribution in [2.24, 2.45) is 0 Å². The molecule has 0 atom stereocenters. The summed E-state index contributed by atoms with van der Waals surface area (Å²) in [5, 5.41) is 9.12. The van der Waals surface area contributed by atoms with Crippen molar-refractivity contribution in [3.05, 3.63) is 42.5 Å². The van der Waals surface area contributed by atoms with Gasteiger partial charge in [-0.3, -0.25) is 0 Å². The predicted molar refractivity (Wildman–Crippen MR) is 121 cm³/mol. The van der Waals surface area contributed by atoms with E-state index in [0.717, 1.165) is 59.3 Å². The number of fused-ring (bicyclic) bond motifs is 2. The summed E-state index contributed by atoms with van der Waals surface area (Å²) in [5.74, 6) is 1.44. The zero-order valence-corrected chi connectivity index (χ0v) is 17.5. The molecule has 0 unspecified atom stereocenters. The monoisotopic (exact) mass is 433 g/mol. The topological polar surface area (TPSA) is 77.7 Å². The molecule has 2 aromatic carbocycles. The lowest BCUT2D eigenvalue weighted by Gasteiger charge is -2.14. The number of alkyl halides is 1. The fraction of sp³-hybridized carbons (Fsp3) is 0.316. The Kier molecular flexibility index (Phi) is 12.1. The van der Waals surface area contributed by atoms with Crippen molar-refractivity contribution in [2.75, 3.05) is 37.9 Å². The Hall–Kier alpha value is -1.50. The van der Waals surface area contributed by atoms with E-state index in [1.54, 1.807) is 7.11 Å². The molecule has 0 aliphatic heterocycles. The Labute approximate surface area is 177 Å². The molecule has 1 aromatic heterocycles. The first kappa shape index (κ1) is 25.5. The Balaban J connectivity index is 0.00000225. The second-order valence-electron chi connectivity index (χ2n) is 5.58. The Morgan fingerprint density at radius 3 is 2.44 bits per heavy atom. The van der Waals surface area contributed by atoms with Crippen LogP contribution in [-0.4, -0.2) is 43.1 Å². The van der Waals surface area contributed by atoms with Gasteiger partial charge in [-0.1, -0.05) is 30.3 Å². The van der Waals surface area contributed by atoms with E-state index < -0.39 is 0 Å². The van der Waals surface area contributed by atoms with E-state index in [9.17, 15) is 0 Å². The number of benzene rings is 2. The van der Waals surface area contributed by atoms with Crippen LogP contribution >= 0.6 is 36.4 Å². The number of para-hydroxylation sites is 2. The third-order valence-corrected chi connectivity index (χ3v) is 4.19. The minimum absolute atomic E-state index is 0. The van der Waals surface area contributed by atoms with Crippen molar-refractivity contribution in [1.82, 2.24) is 10.3 Å². The van der Waals surface area contributed by atoms with E-state index in [1.165, 1.54) is 0 Å². The van der Waals surface area contributed by atoms with Crippen molar-refractivity contribution < 1.29 is 10.2 Å². The summed E-state index contributed by atoms with van der Waals surface area (Å²) in [6.45, 7) is 2.68. The van der Waals surface area contributed by atoms with Crippen LogP contribution in [0.5, 0.6) is 5.75 Å². The number of pyridine rings is 1. The van der Waals surface area contributed by atoms with Crippen LogP contribution in [0.15, 0.2) is 42.5 Å². The van der Waals surface area contributed by atoms with Gasteiger partial charge in [0.2, 0.25) is 0 Å². The molecule has 3 aromatic rings. The molecule has 0 bridgehead atoms. The fourth-order valence-electron chi connectivity index (χ4n) is 2.86. The second-order valence-corrected chi connectivity index (χ2v) is 5.96. The van der Waals surface area contributed by atoms with Gasteiger partial charge in [0.25, 0.3) is 0 Å². The summed E-state index contributed by atoms with van der Waals surface area (Å²) in [4.78, 5) is 4.79. The highest BCUT2D eigenvalue weighted by Gasteiger charge is 2.11. The third-order valence-electron chi connectivity index (χ3n) is 4.00. The minimum Gasteiger partial charge on any atom is -0.494 e. The number of halogens is 3. The quantitative estimate of drug-likeness (QED) is 0.318. The van der Waals surface area contributed by atoms with E-state index in [1.807, 2.05) is 30.3 Å². The first-order chi connectivity index (χ1) is 11.8. The first-order valence-electron chi connectivity index (χ1n) is 8.21. The second kappa shape index (κ2) is 12.8. The van der Waals surface area contributed by atoms with Gasteiger partial charge in [-0.25, -0.2) is 4.98 Å². The maximum Gasteiger partial charge on any atom is 0.145 e. The van der Waals surface area contributed by atoms with Crippen LogP contribution in [0.2, 0.25) is 0 Å².